The Balaban J connectivity index is 1.41. The number of benzene rings is 3. The lowest BCUT2D eigenvalue weighted by Crippen LogP contribution is -2.57. The Bertz CT molecular complexity index is 1860. The van der Waals surface area contributed by atoms with Crippen LogP contribution >= 0.6 is 0 Å². The van der Waals surface area contributed by atoms with Crippen molar-refractivity contribution in [2.75, 3.05) is 0 Å². The fourth-order valence-corrected chi connectivity index (χ4v) is 7.99. The van der Waals surface area contributed by atoms with E-state index in [-0.39, 0.29) is 23.0 Å². The van der Waals surface area contributed by atoms with E-state index in [0.717, 1.165) is 64.0 Å². The Kier molecular flexibility index (Phi) is 4.89. The maximum absolute atomic E-state index is 6.85. The van der Waals surface area contributed by atoms with Crippen LogP contribution in [0.4, 0.5) is 0 Å². The first-order valence-corrected chi connectivity index (χ1v) is 15.1. The molecule has 3 aromatic carbocycles. The maximum atomic E-state index is 6.85. The molecule has 0 saturated heterocycles. The van der Waals surface area contributed by atoms with Gasteiger partial charge in [-0.3, -0.25) is 0 Å². The van der Waals surface area contributed by atoms with Crippen molar-refractivity contribution in [3.63, 3.8) is 0 Å². The predicted octanol–water partition coefficient (Wildman–Crippen LogP) is 8.15. The second-order valence-corrected chi connectivity index (χ2v) is 14.8. The van der Waals surface area contributed by atoms with Crippen molar-refractivity contribution in [1.82, 2.24) is 0 Å². The molecule has 4 aromatic rings. The van der Waals surface area contributed by atoms with E-state index in [1.807, 2.05) is 0 Å². The van der Waals surface area contributed by atoms with Crippen LogP contribution in [0.1, 0.15) is 90.0 Å². The Morgan fingerprint density at radius 2 is 1.54 bits per heavy atom. The van der Waals surface area contributed by atoms with Crippen molar-refractivity contribution >= 4 is 39.6 Å². The highest BCUT2D eigenvalue weighted by Gasteiger charge is 2.48. The summed E-state index contributed by atoms with van der Waals surface area (Å²) >= 11 is 0. The van der Waals surface area contributed by atoms with Gasteiger partial charge in [0, 0.05) is 16.3 Å². The summed E-state index contributed by atoms with van der Waals surface area (Å²) in [5.74, 6) is 3.30. The van der Waals surface area contributed by atoms with Crippen LogP contribution < -0.4 is 25.9 Å². The molecule has 0 N–H and O–H groups in total. The van der Waals surface area contributed by atoms with E-state index in [4.69, 9.17) is 13.9 Å². The van der Waals surface area contributed by atoms with Gasteiger partial charge in [-0.2, -0.15) is 0 Å². The molecule has 0 spiro atoms. The van der Waals surface area contributed by atoms with Crippen LogP contribution in [0.25, 0.3) is 16.5 Å². The van der Waals surface area contributed by atoms with Gasteiger partial charge in [-0.25, -0.2) is 0 Å². The zero-order valence-corrected chi connectivity index (χ0v) is 25.2. The van der Waals surface area contributed by atoms with E-state index >= 15 is 0 Å². The molecule has 0 atom stereocenters. The average Bonchev–Trinajstić information content (AvgIpc) is 3.37. The number of hydrogen-bond donors (Lipinski definition) is 0. The van der Waals surface area contributed by atoms with Crippen LogP contribution in [0.5, 0.6) is 23.2 Å². The Labute approximate surface area is 243 Å². The molecule has 2 aliphatic heterocycles. The van der Waals surface area contributed by atoms with E-state index in [2.05, 4.69) is 109 Å². The molecule has 1 aromatic heterocycles. The Morgan fingerprint density at radius 3 is 2.24 bits per heavy atom. The van der Waals surface area contributed by atoms with Gasteiger partial charge in [-0.15, -0.1) is 0 Å². The van der Waals surface area contributed by atoms with Gasteiger partial charge in [0.2, 0.25) is 0 Å². The molecule has 4 aliphatic rings. The zero-order valence-electron chi connectivity index (χ0n) is 25.2. The first-order chi connectivity index (χ1) is 19.4. The normalized spacial score (nSPS) is 19.1. The van der Waals surface area contributed by atoms with Crippen molar-refractivity contribution < 1.29 is 13.9 Å². The Hall–Kier alpha value is -3.66. The minimum absolute atomic E-state index is 0.0201. The number of allylic oxidation sites excluding steroid dienone is 4. The summed E-state index contributed by atoms with van der Waals surface area (Å²) in [4.78, 5) is 0. The number of fused-ring (bicyclic) bond motifs is 7. The van der Waals surface area contributed by atoms with Crippen LogP contribution in [-0.2, 0) is 16.2 Å². The number of hydrogen-bond acceptors (Lipinski definition) is 3. The SMILES string of the molecule is CC(C)(C)c1ccc2c3c(oc2c1)Oc1cc(C2=CC=CCC2)cc2c1B3c1cc3c(cc1O2)C(C)(C)CC3(C)C. The minimum Gasteiger partial charge on any atom is -0.458 e. The maximum Gasteiger partial charge on any atom is 0.285 e. The minimum atomic E-state index is -0.0201. The number of rotatable bonds is 1. The summed E-state index contributed by atoms with van der Waals surface area (Å²) in [5, 5.41) is 1.12. The van der Waals surface area contributed by atoms with Gasteiger partial charge in [0.25, 0.3) is 12.7 Å². The number of ether oxygens (including phenoxy) is 2. The zero-order chi connectivity index (χ0) is 28.5. The number of furan rings is 1. The largest absolute Gasteiger partial charge is 0.458 e. The highest BCUT2D eigenvalue weighted by atomic mass is 16.6. The van der Waals surface area contributed by atoms with Gasteiger partial charge >= 0.3 is 0 Å². The fourth-order valence-electron chi connectivity index (χ4n) is 7.99. The van der Waals surface area contributed by atoms with Crippen molar-refractivity contribution in [3.8, 4) is 23.2 Å². The predicted molar refractivity (Wildman–Crippen MR) is 170 cm³/mol. The van der Waals surface area contributed by atoms with Crippen LogP contribution in [0.3, 0.4) is 0 Å². The van der Waals surface area contributed by atoms with Gasteiger partial charge in [-0.05, 0) is 93.1 Å². The van der Waals surface area contributed by atoms with Crippen LogP contribution in [0.2, 0.25) is 0 Å². The van der Waals surface area contributed by atoms with Crippen LogP contribution in [0.15, 0.2) is 65.1 Å². The summed E-state index contributed by atoms with van der Waals surface area (Å²) in [7, 11) is 0. The molecular weight excluding hydrogens is 503 g/mol. The summed E-state index contributed by atoms with van der Waals surface area (Å²) in [6.07, 6.45) is 9.77. The second-order valence-electron chi connectivity index (χ2n) is 14.8. The van der Waals surface area contributed by atoms with E-state index in [1.165, 1.54) is 27.7 Å². The van der Waals surface area contributed by atoms with Crippen molar-refractivity contribution in [1.29, 1.82) is 0 Å². The summed E-state index contributed by atoms with van der Waals surface area (Å²) in [5.41, 5.74) is 11.1. The first-order valence-electron chi connectivity index (χ1n) is 15.1. The quantitative estimate of drug-likeness (QED) is 0.197. The molecule has 3 nitrogen and oxygen atoms in total. The van der Waals surface area contributed by atoms with Gasteiger partial charge < -0.3 is 13.9 Å². The highest BCUT2D eigenvalue weighted by molar-refractivity contribution is 6.99. The van der Waals surface area contributed by atoms with E-state index in [0.29, 0.717) is 5.95 Å². The molecule has 3 heterocycles. The van der Waals surface area contributed by atoms with E-state index < -0.39 is 0 Å². The molecule has 0 saturated carbocycles. The lowest BCUT2D eigenvalue weighted by atomic mass is 9.34. The topological polar surface area (TPSA) is 31.6 Å². The lowest BCUT2D eigenvalue weighted by molar-refractivity contribution is 0.362. The third kappa shape index (κ3) is 3.59. The Morgan fingerprint density at radius 1 is 0.805 bits per heavy atom. The molecule has 2 aliphatic carbocycles. The van der Waals surface area contributed by atoms with Gasteiger partial charge in [0.1, 0.15) is 22.8 Å². The van der Waals surface area contributed by atoms with Gasteiger partial charge in [-0.1, -0.05) is 84.9 Å². The van der Waals surface area contributed by atoms with Gasteiger partial charge in [0.05, 0.1) is 0 Å². The van der Waals surface area contributed by atoms with Crippen molar-refractivity contribution in [2.24, 2.45) is 0 Å². The summed E-state index contributed by atoms with van der Waals surface area (Å²) < 4.78 is 20.1. The molecule has 41 heavy (non-hydrogen) atoms. The van der Waals surface area contributed by atoms with Crippen molar-refractivity contribution in [2.45, 2.75) is 84.0 Å². The average molecular weight is 541 g/mol. The van der Waals surface area contributed by atoms with Crippen LogP contribution in [-0.4, -0.2) is 6.71 Å². The molecular formula is C37H37BO3. The van der Waals surface area contributed by atoms with Crippen molar-refractivity contribution in [3.05, 3.63) is 82.9 Å². The molecule has 0 fully saturated rings. The monoisotopic (exact) mass is 540 g/mol. The summed E-state index contributed by atoms with van der Waals surface area (Å²) in [6, 6.07) is 15.9. The second kappa shape index (κ2) is 8.00. The molecule has 0 amide bonds. The fraction of sp³-hybridized carbons (Fsp3) is 0.351. The highest BCUT2D eigenvalue weighted by Crippen LogP contribution is 2.51. The van der Waals surface area contributed by atoms with Gasteiger partial charge in [0.15, 0.2) is 0 Å². The summed E-state index contributed by atoms with van der Waals surface area (Å²) in [6.45, 7) is 16.2. The molecule has 4 heteroatoms. The molecule has 0 bridgehead atoms. The molecule has 8 rings (SSSR count). The van der Waals surface area contributed by atoms with Crippen LogP contribution in [0, 0.1) is 0 Å². The smallest absolute Gasteiger partial charge is 0.285 e. The standard InChI is InChI=1S/C37H37BO3/c1-35(2,3)23-13-14-24-28(17-23)40-34-32(24)38-27-18-25-26(37(6,7)20-36(25,4)5)19-29(27)39-30-15-22(16-31(41-34)33(30)38)21-11-9-8-10-12-21/h8-9,11,13-19H,10,12,20H2,1-7H3. The molecule has 0 radical (unpaired) electrons. The van der Waals surface area contributed by atoms with E-state index in [1.54, 1.807) is 0 Å². The third-order valence-corrected chi connectivity index (χ3v) is 9.85. The molecule has 206 valence electrons. The lowest BCUT2D eigenvalue weighted by Gasteiger charge is -2.33. The molecule has 0 unspecified atom stereocenters. The van der Waals surface area contributed by atoms with E-state index in [9.17, 15) is 0 Å². The third-order valence-electron chi connectivity index (χ3n) is 9.85. The first kappa shape index (κ1) is 25.1.